The average Bonchev–Trinajstić information content (AvgIpc) is 3.21. The summed E-state index contributed by atoms with van der Waals surface area (Å²) >= 11 is 0. The molecule has 128 valence electrons. The van der Waals surface area contributed by atoms with Crippen molar-refractivity contribution in [3.8, 4) is 0 Å². The molecule has 2 aliphatic heterocycles. The lowest BCUT2D eigenvalue weighted by Crippen LogP contribution is -2.40. The SMILES string of the molecule is CN1CCC2(CC1)CCN(C(=O)CCn1nnc3ccccc31)C2. The molecule has 2 saturated heterocycles. The standard InChI is InChI=1S/C18H25N5O/c1-21-11-7-18(8-12-21)9-13-22(14-18)17(24)6-10-23-16-5-3-2-4-15(16)19-20-23/h2-5H,6-14H2,1H3. The van der Waals surface area contributed by atoms with Gasteiger partial charge in [0.25, 0.3) is 0 Å². The summed E-state index contributed by atoms with van der Waals surface area (Å²) in [7, 11) is 2.19. The predicted molar refractivity (Wildman–Crippen MR) is 92.5 cm³/mol. The van der Waals surface area contributed by atoms with E-state index in [2.05, 4.69) is 27.2 Å². The molecule has 4 rings (SSSR count). The Kier molecular flexibility index (Phi) is 4.00. The maximum atomic E-state index is 12.6. The number of carbonyl (C=O) groups is 1. The van der Waals surface area contributed by atoms with Gasteiger partial charge < -0.3 is 9.80 Å². The molecule has 1 aromatic carbocycles. The number of likely N-dealkylation sites (tertiary alicyclic amines) is 2. The van der Waals surface area contributed by atoms with Gasteiger partial charge in [0.05, 0.1) is 12.1 Å². The molecular weight excluding hydrogens is 302 g/mol. The summed E-state index contributed by atoms with van der Waals surface area (Å²) in [5, 5.41) is 8.33. The number of aryl methyl sites for hydroxylation is 1. The highest BCUT2D eigenvalue weighted by Crippen LogP contribution is 2.40. The number of hydrogen-bond acceptors (Lipinski definition) is 4. The van der Waals surface area contributed by atoms with Crippen molar-refractivity contribution in [1.82, 2.24) is 24.8 Å². The summed E-state index contributed by atoms with van der Waals surface area (Å²) in [6.07, 6.45) is 4.12. The summed E-state index contributed by atoms with van der Waals surface area (Å²) in [6, 6.07) is 7.89. The zero-order valence-corrected chi connectivity index (χ0v) is 14.3. The lowest BCUT2D eigenvalue weighted by atomic mass is 9.78. The van der Waals surface area contributed by atoms with Crippen LogP contribution in [0, 0.1) is 5.41 Å². The van der Waals surface area contributed by atoms with E-state index in [4.69, 9.17) is 0 Å². The lowest BCUT2D eigenvalue weighted by molar-refractivity contribution is -0.131. The number of rotatable bonds is 3. The van der Waals surface area contributed by atoms with Crippen molar-refractivity contribution in [2.45, 2.75) is 32.2 Å². The molecule has 24 heavy (non-hydrogen) atoms. The zero-order valence-electron chi connectivity index (χ0n) is 14.3. The number of carbonyl (C=O) groups excluding carboxylic acids is 1. The minimum atomic E-state index is 0.255. The van der Waals surface area contributed by atoms with E-state index in [0.717, 1.165) is 37.2 Å². The summed E-state index contributed by atoms with van der Waals surface area (Å²) in [4.78, 5) is 17.1. The van der Waals surface area contributed by atoms with E-state index in [1.165, 1.54) is 19.3 Å². The number of nitrogens with zero attached hydrogens (tertiary/aromatic N) is 5. The molecule has 0 bridgehead atoms. The highest BCUT2D eigenvalue weighted by molar-refractivity contribution is 5.77. The molecule has 3 heterocycles. The molecular formula is C18H25N5O. The van der Waals surface area contributed by atoms with Gasteiger partial charge in [0.15, 0.2) is 0 Å². The van der Waals surface area contributed by atoms with Crippen LogP contribution in [0.3, 0.4) is 0 Å². The van der Waals surface area contributed by atoms with E-state index in [1.807, 2.05) is 28.9 Å². The fourth-order valence-corrected chi connectivity index (χ4v) is 4.09. The molecule has 2 aromatic rings. The molecule has 6 heteroatoms. The second kappa shape index (κ2) is 6.16. The van der Waals surface area contributed by atoms with E-state index in [-0.39, 0.29) is 5.91 Å². The van der Waals surface area contributed by atoms with Gasteiger partial charge in [-0.1, -0.05) is 17.3 Å². The third-order valence-electron chi connectivity index (χ3n) is 5.80. The van der Waals surface area contributed by atoms with Crippen LogP contribution in [0.15, 0.2) is 24.3 Å². The maximum absolute atomic E-state index is 12.6. The van der Waals surface area contributed by atoms with Gasteiger partial charge in [-0.3, -0.25) is 4.79 Å². The van der Waals surface area contributed by atoms with Crippen molar-refractivity contribution in [2.75, 3.05) is 33.2 Å². The smallest absolute Gasteiger partial charge is 0.224 e. The quantitative estimate of drug-likeness (QED) is 0.862. The zero-order chi connectivity index (χ0) is 16.6. The van der Waals surface area contributed by atoms with Gasteiger partial charge in [-0.2, -0.15) is 0 Å². The van der Waals surface area contributed by atoms with Gasteiger partial charge in [-0.25, -0.2) is 4.68 Å². The van der Waals surface area contributed by atoms with E-state index in [1.54, 1.807) is 0 Å². The number of aromatic nitrogens is 3. The van der Waals surface area contributed by atoms with Crippen molar-refractivity contribution in [3.05, 3.63) is 24.3 Å². The number of para-hydroxylation sites is 1. The molecule has 1 spiro atoms. The largest absolute Gasteiger partial charge is 0.342 e. The first kappa shape index (κ1) is 15.6. The third-order valence-corrected chi connectivity index (χ3v) is 5.80. The van der Waals surface area contributed by atoms with Gasteiger partial charge >= 0.3 is 0 Å². The number of fused-ring (bicyclic) bond motifs is 1. The molecule has 0 saturated carbocycles. The first-order valence-electron chi connectivity index (χ1n) is 8.90. The number of amides is 1. The molecule has 1 amide bonds. The Morgan fingerprint density at radius 3 is 2.75 bits per heavy atom. The molecule has 0 atom stereocenters. The molecule has 1 aromatic heterocycles. The van der Waals surface area contributed by atoms with Crippen LogP contribution in [0.2, 0.25) is 0 Å². The fraction of sp³-hybridized carbons (Fsp3) is 0.611. The maximum Gasteiger partial charge on any atom is 0.224 e. The normalized spacial score (nSPS) is 21.0. The van der Waals surface area contributed by atoms with E-state index in [0.29, 0.717) is 18.4 Å². The Hall–Kier alpha value is -1.95. The molecule has 2 aliphatic rings. The van der Waals surface area contributed by atoms with Crippen molar-refractivity contribution < 1.29 is 4.79 Å². The van der Waals surface area contributed by atoms with Crippen LogP contribution in [0.4, 0.5) is 0 Å². The Morgan fingerprint density at radius 1 is 1.17 bits per heavy atom. The second-order valence-electron chi connectivity index (χ2n) is 7.42. The summed E-state index contributed by atoms with van der Waals surface area (Å²) in [5.74, 6) is 0.255. The van der Waals surface area contributed by atoms with Crippen LogP contribution in [-0.4, -0.2) is 63.9 Å². The minimum Gasteiger partial charge on any atom is -0.342 e. The summed E-state index contributed by atoms with van der Waals surface area (Å²) in [6.45, 7) is 4.78. The van der Waals surface area contributed by atoms with Crippen molar-refractivity contribution in [1.29, 1.82) is 0 Å². The van der Waals surface area contributed by atoms with Gasteiger partial charge in [-0.15, -0.1) is 5.10 Å². The molecule has 0 unspecified atom stereocenters. The Morgan fingerprint density at radius 2 is 1.92 bits per heavy atom. The van der Waals surface area contributed by atoms with E-state index in [9.17, 15) is 4.79 Å². The van der Waals surface area contributed by atoms with Gasteiger partial charge in [0.2, 0.25) is 5.91 Å². The van der Waals surface area contributed by atoms with Gasteiger partial charge in [-0.05, 0) is 56.9 Å². The highest BCUT2D eigenvalue weighted by atomic mass is 16.2. The molecule has 0 N–H and O–H groups in total. The predicted octanol–water partition coefficient (Wildman–Crippen LogP) is 1.77. The number of hydrogen-bond donors (Lipinski definition) is 0. The topological polar surface area (TPSA) is 54.3 Å². The lowest BCUT2D eigenvalue weighted by Gasteiger charge is -2.37. The van der Waals surface area contributed by atoms with Crippen molar-refractivity contribution >= 4 is 16.9 Å². The van der Waals surface area contributed by atoms with Crippen LogP contribution < -0.4 is 0 Å². The van der Waals surface area contributed by atoms with Gasteiger partial charge in [0, 0.05) is 19.5 Å². The molecule has 6 nitrogen and oxygen atoms in total. The fourth-order valence-electron chi connectivity index (χ4n) is 4.09. The Labute approximate surface area is 142 Å². The average molecular weight is 327 g/mol. The molecule has 0 radical (unpaired) electrons. The highest BCUT2D eigenvalue weighted by Gasteiger charge is 2.41. The first-order valence-corrected chi connectivity index (χ1v) is 8.90. The van der Waals surface area contributed by atoms with E-state index < -0.39 is 0 Å². The summed E-state index contributed by atoms with van der Waals surface area (Å²) < 4.78 is 1.84. The number of benzene rings is 1. The van der Waals surface area contributed by atoms with Crippen LogP contribution in [0.1, 0.15) is 25.7 Å². The monoisotopic (exact) mass is 327 g/mol. The van der Waals surface area contributed by atoms with Crippen LogP contribution >= 0.6 is 0 Å². The van der Waals surface area contributed by atoms with Crippen LogP contribution in [0.5, 0.6) is 0 Å². The molecule has 2 fully saturated rings. The minimum absolute atomic E-state index is 0.255. The Balaban J connectivity index is 1.35. The third kappa shape index (κ3) is 2.90. The Bertz CT molecular complexity index is 732. The first-order chi connectivity index (χ1) is 11.7. The van der Waals surface area contributed by atoms with Crippen molar-refractivity contribution in [3.63, 3.8) is 0 Å². The van der Waals surface area contributed by atoms with E-state index >= 15 is 0 Å². The van der Waals surface area contributed by atoms with Crippen molar-refractivity contribution in [2.24, 2.45) is 5.41 Å². The van der Waals surface area contributed by atoms with Gasteiger partial charge in [0.1, 0.15) is 5.52 Å². The summed E-state index contributed by atoms with van der Waals surface area (Å²) in [5.41, 5.74) is 2.26. The van der Waals surface area contributed by atoms with Crippen LogP contribution in [-0.2, 0) is 11.3 Å². The molecule has 0 aliphatic carbocycles. The second-order valence-corrected chi connectivity index (χ2v) is 7.42. The number of piperidine rings is 1. The van der Waals surface area contributed by atoms with Crippen LogP contribution in [0.25, 0.3) is 11.0 Å².